The van der Waals surface area contributed by atoms with Crippen molar-refractivity contribution in [1.82, 2.24) is 20.5 Å². The van der Waals surface area contributed by atoms with Crippen LogP contribution in [-0.2, 0) is 9.59 Å². The molecule has 7 heteroatoms. The van der Waals surface area contributed by atoms with Crippen LogP contribution in [0.1, 0.15) is 28.8 Å². The molecule has 164 valence electrons. The molecule has 1 atom stereocenters. The fraction of sp³-hybridized carbons (Fsp3) is 0.280. The van der Waals surface area contributed by atoms with Crippen molar-refractivity contribution in [3.05, 3.63) is 65.7 Å². The number of hydrogen-bond donors (Lipinski definition) is 2. The van der Waals surface area contributed by atoms with Crippen molar-refractivity contribution in [2.75, 3.05) is 20.1 Å². The van der Waals surface area contributed by atoms with Crippen LogP contribution in [0.5, 0.6) is 0 Å². The number of rotatable bonds is 5. The number of likely N-dealkylation sites (N-methyl/N-ethyl adjacent to an activating group) is 1. The zero-order chi connectivity index (χ0) is 22.7. The van der Waals surface area contributed by atoms with Gasteiger partial charge in [0.25, 0.3) is 5.91 Å². The van der Waals surface area contributed by atoms with Crippen molar-refractivity contribution in [2.45, 2.75) is 25.8 Å². The number of para-hydroxylation sites is 1. The molecule has 1 aromatic heterocycles. The predicted octanol–water partition coefficient (Wildman–Crippen LogP) is 2.68. The first-order valence-corrected chi connectivity index (χ1v) is 10.7. The molecule has 32 heavy (non-hydrogen) atoms. The smallest absolute Gasteiger partial charge is 0.252 e. The van der Waals surface area contributed by atoms with Gasteiger partial charge in [0.05, 0.1) is 23.3 Å². The first-order chi connectivity index (χ1) is 15.5. The standard InChI is InChI=1S/C25H26N4O3/c1-16-9-11-17(12-10-16)21-14-19(18-6-3-4-7-20(18)28-21)24(31)27-15-23(30)29-13-5-8-22(29)25(32)26-2/h3-4,6-7,9-12,14,22H,5,8,13,15H2,1-2H3,(H,26,32)(H,27,31). The molecule has 0 aliphatic carbocycles. The summed E-state index contributed by atoms with van der Waals surface area (Å²) in [6.07, 6.45) is 1.40. The number of nitrogens with zero attached hydrogens (tertiary/aromatic N) is 2. The van der Waals surface area contributed by atoms with Crippen molar-refractivity contribution in [3.63, 3.8) is 0 Å². The van der Waals surface area contributed by atoms with Crippen LogP contribution in [0, 0.1) is 6.92 Å². The van der Waals surface area contributed by atoms with E-state index in [-0.39, 0.29) is 24.3 Å². The molecule has 4 rings (SSSR count). The molecule has 1 unspecified atom stereocenters. The lowest BCUT2D eigenvalue weighted by Gasteiger charge is -2.23. The number of aryl methyl sites for hydroxylation is 1. The highest BCUT2D eigenvalue weighted by atomic mass is 16.2. The minimum atomic E-state index is -0.473. The summed E-state index contributed by atoms with van der Waals surface area (Å²) in [5, 5.41) is 6.06. The second kappa shape index (κ2) is 9.18. The van der Waals surface area contributed by atoms with Gasteiger partial charge in [0.1, 0.15) is 6.04 Å². The van der Waals surface area contributed by atoms with Gasteiger partial charge in [-0.1, -0.05) is 48.0 Å². The average Bonchev–Trinajstić information content (AvgIpc) is 3.31. The maximum atomic E-state index is 13.1. The van der Waals surface area contributed by atoms with Gasteiger partial charge in [-0.15, -0.1) is 0 Å². The van der Waals surface area contributed by atoms with Gasteiger partial charge in [-0.25, -0.2) is 4.98 Å². The van der Waals surface area contributed by atoms with E-state index in [0.717, 1.165) is 22.9 Å². The Morgan fingerprint density at radius 2 is 1.84 bits per heavy atom. The molecule has 0 bridgehead atoms. The van der Waals surface area contributed by atoms with Gasteiger partial charge in [-0.2, -0.15) is 0 Å². The summed E-state index contributed by atoms with van der Waals surface area (Å²) < 4.78 is 0. The molecule has 2 aromatic carbocycles. The van der Waals surface area contributed by atoms with Crippen LogP contribution in [0.25, 0.3) is 22.2 Å². The number of aromatic nitrogens is 1. The molecule has 3 aromatic rings. The lowest BCUT2D eigenvalue weighted by Crippen LogP contribution is -2.48. The summed E-state index contributed by atoms with van der Waals surface area (Å²) in [4.78, 5) is 44.1. The molecule has 1 fully saturated rings. The minimum absolute atomic E-state index is 0.164. The van der Waals surface area contributed by atoms with Gasteiger partial charge in [-0.05, 0) is 31.9 Å². The van der Waals surface area contributed by atoms with Gasteiger partial charge < -0.3 is 15.5 Å². The molecule has 3 amide bonds. The third kappa shape index (κ3) is 4.32. The SMILES string of the molecule is CNC(=O)C1CCCN1C(=O)CNC(=O)c1cc(-c2ccc(C)cc2)nc2ccccc12. The number of carbonyl (C=O) groups excluding carboxylic acids is 3. The maximum Gasteiger partial charge on any atom is 0.252 e. The molecule has 1 aliphatic heterocycles. The first kappa shape index (κ1) is 21.5. The number of amides is 3. The Labute approximate surface area is 186 Å². The number of hydrogen-bond acceptors (Lipinski definition) is 4. The van der Waals surface area contributed by atoms with E-state index < -0.39 is 6.04 Å². The number of nitrogens with one attached hydrogen (secondary N) is 2. The van der Waals surface area contributed by atoms with E-state index in [4.69, 9.17) is 4.98 Å². The molecule has 1 aliphatic rings. The molecule has 2 N–H and O–H groups in total. The van der Waals surface area contributed by atoms with Crippen LogP contribution in [0.15, 0.2) is 54.6 Å². The molecular formula is C25H26N4O3. The van der Waals surface area contributed by atoms with Gasteiger partial charge in [0.2, 0.25) is 11.8 Å². The van der Waals surface area contributed by atoms with E-state index in [0.29, 0.717) is 29.7 Å². The molecule has 1 saturated heterocycles. The number of carbonyl (C=O) groups is 3. The molecule has 0 spiro atoms. The van der Waals surface area contributed by atoms with Crippen LogP contribution in [-0.4, -0.2) is 53.8 Å². The van der Waals surface area contributed by atoms with Gasteiger partial charge in [0.15, 0.2) is 0 Å². The third-order valence-corrected chi connectivity index (χ3v) is 5.83. The minimum Gasteiger partial charge on any atom is -0.357 e. The Morgan fingerprint density at radius 1 is 1.09 bits per heavy atom. The number of likely N-dealkylation sites (tertiary alicyclic amines) is 1. The Bertz CT molecular complexity index is 1170. The van der Waals surface area contributed by atoms with Crippen molar-refractivity contribution in [3.8, 4) is 11.3 Å². The van der Waals surface area contributed by atoms with Gasteiger partial charge in [0, 0.05) is 24.5 Å². The van der Waals surface area contributed by atoms with Gasteiger partial charge >= 0.3 is 0 Å². The molecule has 2 heterocycles. The Balaban J connectivity index is 1.57. The highest BCUT2D eigenvalue weighted by Gasteiger charge is 2.33. The zero-order valence-electron chi connectivity index (χ0n) is 18.2. The van der Waals surface area contributed by atoms with Gasteiger partial charge in [-0.3, -0.25) is 14.4 Å². The van der Waals surface area contributed by atoms with Crippen LogP contribution in [0.4, 0.5) is 0 Å². The van der Waals surface area contributed by atoms with E-state index in [1.54, 1.807) is 18.0 Å². The summed E-state index contributed by atoms with van der Waals surface area (Å²) in [6, 6.07) is 16.7. The van der Waals surface area contributed by atoms with Crippen molar-refractivity contribution in [1.29, 1.82) is 0 Å². The maximum absolute atomic E-state index is 13.1. The first-order valence-electron chi connectivity index (χ1n) is 10.7. The Kier molecular flexibility index (Phi) is 6.16. The van der Waals surface area contributed by atoms with Crippen LogP contribution in [0.3, 0.4) is 0 Å². The summed E-state index contributed by atoms with van der Waals surface area (Å²) in [7, 11) is 1.56. The lowest BCUT2D eigenvalue weighted by atomic mass is 10.0. The highest BCUT2D eigenvalue weighted by molar-refractivity contribution is 6.08. The topological polar surface area (TPSA) is 91.4 Å². The second-order valence-electron chi connectivity index (χ2n) is 7.98. The number of benzene rings is 2. The largest absolute Gasteiger partial charge is 0.357 e. The summed E-state index contributed by atoms with van der Waals surface area (Å²) in [5.41, 5.74) is 3.92. The van der Waals surface area contributed by atoms with Crippen LogP contribution < -0.4 is 10.6 Å². The Morgan fingerprint density at radius 3 is 2.59 bits per heavy atom. The molecule has 0 radical (unpaired) electrons. The fourth-order valence-electron chi connectivity index (χ4n) is 4.09. The quantitative estimate of drug-likeness (QED) is 0.651. The summed E-state index contributed by atoms with van der Waals surface area (Å²) >= 11 is 0. The Hall–Kier alpha value is -3.74. The van der Waals surface area contributed by atoms with Crippen LogP contribution >= 0.6 is 0 Å². The number of pyridine rings is 1. The normalized spacial score (nSPS) is 15.6. The van der Waals surface area contributed by atoms with Crippen molar-refractivity contribution < 1.29 is 14.4 Å². The summed E-state index contributed by atoms with van der Waals surface area (Å²) in [6.45, 7) is 2.37. The van der Waals surface area contributed by atoms with E-state index >= 15 is 0 Å². The zero-order valence-corrected chi connectivity index (χ0v) is 18.2. The monoisotopic (exact) mass is 430 g/mol. The van der Waals surface area contributed by atoms with Crippen molar-refractivity contribution in [2.24, 2.45) is 0 Å². The number of fused-ring (bicyclic) bond motifs is 1. The van der Waals surface area contributed by atoms with E-state index in [1.807, 2.05) is 55.5 Å². The molecule has 7 nitrogen and oxygen atoms in total. The summed E-state index contributed by atoms with van der Waals surface area (Å²) in [5.74, 6) is -0.785. The van der Waals surface area contributed by atoms with E-state index in [9.17, 15) is 14.4 Å². The fourth-order valence-corrected chi connectivity index (χ4v) is 4.09. The third-order valence-electron chi connectivity index (χ3n) is 5.83. The highest BCUT2D eigenvalue weighted by Crippen LogP contribution is 2.25. The second-order valence-corrected chi connectivity index (χ2v) is 7.98. The predicted molar refractivity (Wildman–Crippen MR) is 123 cm³/mol. The molecular weight excluding hydrogens is 404 g/mol. The van der Waals surface area contributed by atoms with E-state index in [2.05, 4.69) is 10.6 Å². The van der Waals surface area contributed by atoms with Crippen molar-refractivity contribution >= 4 is 28.6 Å². The average molecular weight is 431 g/mol. The lowest BCUT2D eigenvalue weighted by molar-refractivity contribution is -0.137. The van der Waals surface area contributed by atoms with E-state index in [1.165, 1.54) is 0 Å². The van der Waals surface area contributed by atoms with Crippen LogP contribution in [0.2, 0.25) is 0 Å². The molecule has 0 saturated carbocycles.